The molecule has 1 aromatic rings. The number of amides is 3. The van der Waals surface area contributed by atoms with Crippen molar-refractivity contribution in [2.45, 2.75) is 76.5 Å². The number of nitrogens with zero attached hydrogens (tertiary/aromatic N) is 3. The van der Waals surface area contributed by atoms with Gasteiger partial charge < -0.3 is 42.8 Å². The number of carbonyl (C=O) groups excluding carboxylic acids is 3. The van der Waals surface area contributed by atoms with E-state index in [1.165, 1.54) is 17.4 Å². The number of imidazole rings is 1. The molecule has 0 bridgehead atoms. The maximum absolute atomic E-state index is 13.3. The van der Waals surface area contributed by atoms with Gasteiger partial charge in [0.25, 0.3) is 0 Å². The molecule has 0 saturated carbocycles. The number of aliphatic imine (C=N–C) groups is 1. The number of carbonyl (C=O) groups is 4. The molecule has 5 atom stereocenters. The molecule has 10 N–H and O–H groups in total. The molecule has 0 radical (unpaired) electrons. The molecule has 1 saturated heterocycles. The van der Waals surface area contributed by atoms with Gasteiger partial charge >= 0.3 is 5.97 Å². The molecule has 1 aromatic heterocycles. The summed E-state index contributed by atoms with van der Waals surface area (Å²) in [7, 11) is 0. The van der Waals surface area contributed by atoms with Gasteiger partial charge in [-0.25, -0.2) is 9.78 Å². The lowest BCUT2D eigenvalue weighted by Crippen LogP contribution is -2.57. The van der Waals surface area contributed by atoms with Gasteiger partial charge in [-0.3, -0.25) is 19.4 Å². The van der Waals surface area contributed by atoms with Crippen LogP contribution in [0.25, 0.3) is 0 Å². The molecule has 14 heteroatoms. The van der Waals surface area contributed by atoms with Crippen LogP contribution in [0, 0.1) is 5.92 Å². The highest BCUT2D eigenvalue weighted by Gasteiger charge is 2.38. The molecular formula is C23H39N9O5. The number of H-pyrrole nitrogens is 1. The lowest BCUT2D eigenvalue weighted by molar-refractivity contribution is -0.143. The van der Waals surface area contributed by atoms with Crippen molar-refractivity contribution in [3.05, 3.63) is 18.2 Å². The fraction of sp³-hybridized carbons (Fsp3) is 0.652. The van der Waals surface area contributed by atoms with Crippen LogP contribution in [0.1, 0.15) is 51.6 Å². The Labute approximate surface area is 215 Å². The average Bonchev–Trinajstić information content (AvgIpc) is 3.55. The first-order valence-corrected chi connectivity index (χ1v) is 12.5. The van der Waals surface area contributed by atoms with E-state index in [1.807, 2.05) is 13.8 Å². The molecule has 14 nitrogen and oxygen atoms in total. The Hall–Kier alpha value is -3.68. The molecule has 1 aliphatic heterocycles. The van der Waals surface area contributed by atoms with Crippen LogP contribution in [0.15, 0.2) is 17.5 Å². The number of aliphatic carboxylic acids is 1. The smallest absolute Gasteiger partial charge is 0.326 e. The van der Waals surface area contributed by atoms with Gasteiger partial charge in [0.05, 0.1) is 12.4 Å². The minimum absolute atomic E-state index is 0.0457. The van der Waals surface area contributed by atoms with Gasteiger partial charge in [-0.1, -0.05) is 20.3 Å². The van der Waals surface area contributed by atoms with E-state index in [-0.39, 0.29) is 37.2 Å². The zero-order valence-electron chi connectivity index (χ0n) is 21.4. The van der Waals surface area contributed by atoms with E-state index < -0.39 is 42.0 Å². The largest absolute Gasteiger partial charge is 0.480 e. The first-order valence-electron chi connectivity index (χ1n) is 12.5. The Morgan fingerprint density at radius 1 is 1.27 bits per heavy atom. The number of aromatic nitrogens is 2. The van der Waals surface area contributed by atoms with Gasteiger partial charge in [0.15, 0.2) is 5.96 Å². The Balaban J connectivity index is 2.13. The van der Waals surface area contributed by atoms with E-state index in [4.69, 9.17) is 17.2 Å². The quantitative estimate of drug-likeness (QED) is 0.0848. The average molecular weight is 522 g/mol. The standard InChI is InChI=1S/C23H39N9O5/c1-3-13(2)18(24)21(35)32-9-5-7-17(32)20(34)31-16(10-14-11-27-12-29-14)19(33)30-15(22(36)37)6-4-8-28-23(25)26/h11-13,15-18H,3-10,24H2,1-2H3,(H,27,29)(H,30,33)(H,31,34)(H,36,37)(H4,25,26,28). The summed E-state index contributed by atoms with van der Waals surface area (Å²) < 4.78 is 0. The molecule has 3 amide bonds. The van der Waals surface area contributed by atoms with Crippen molar-refractivity contribution >= 4 is 29.7 Å². The topological polar surface area (TPSA) is 235 Å². The van der Waals surface area contributed by atoms with Crippen LogP contribution in [-0.4, -0.2) is 86.9 Å². The second kappa shape index (κ2) is 14.2. The highest BCUT2D eigenvalue weighted by Crippen LogP contribution is 2.21. The summed E-state index contributed by atoms with van der Waals surface area (Å²) >= 11 is 0. The van der Waals surface area contributed by atoms with E-state index >= 15 is 0 Å². The van der Waals surface area contributed by atoms with Crippen molar-refractivity contribution < 1.29 is 24.3 Å². The molecule has 2 heterocycles. The SMILES string of the molecule is CCC(C)C(N)C(=O)N1CCCC1C(=O)NC(Cc1cnc[nH]1)C(=O)NC(CCCN=C(N)N)C(=O)O. The predicted octanol–water partition coefficient (Wildman–Crippen LogP) is -1.58. The number of carboxylic acids is 1. The van der Waals surface area contributed by atoms with Crippen LogP contribution in [0.3, 0.4) is 0 Å². The zero-order chi connectivity index (χ0) is 27.5. The van der Waals surface area contributed by atoms with Gasteiger partial charge in [0.1, 0.15) is 18.1 Å². The van der Waals surface area contributed by atoms with Crippen molar-refractivity contribution in [1.29, 1.82) is 0 Å². The van der Waals surface area contributed by atoms with E-state index in [1.54, 1.807) is 0 Å². The number of likely N-dealkylation sites (tertiary alicyclic amines) is 1. The second-order valence-corrected chi connectivity index (χ2v) is 9.29. The van der Waals surface area contributed by atoms with Crippen LogP contribution >= 0.6 is 0 Å². The molecular weight excluding hydrogens is 482 g/mol. The number of hydrogen-bond acceptors (Lipinski definition) is 7. The highest BCUT2D eigenvalue weighted by atomic mass is 16.4. The Morgan fingerprint density at radius 3 is 2.59 bits per heavy atom. The maximum atomic E-state index is 13.3. The fourth-order valence-electron chi connectivity index (χ4n) is 4.12. The molecule has 5 unspecified atom stereocenters. The third-order valence-electron chi connectivity index (χ3n) is 6.55. The number of nitrogens with two attached hydrogens (primary N) is 3. The number of rotatable bonds is 14. The predicted molar refractivity (Wildman–Crippen MR) is 136 cm³/mol. The second-order valence-electron chi connectivity index (χ2n) is 9.29. The van der Waals surface area contributed by atoms with Crippen LogP contribution in [0.2, 0.25) is 0 Å². The summed E-state index contributed by atoms with van der Waals surface area (Å²) in [5, 5.41) is 14.8. The molecule has 2 rings (SSSR count). The van der Waals surface area contributed by atoms with E-state index in [2.05, 4.69) is 25.6 Å². The normalized spacial score (nSPS) is 18.4. The van der Waals surface area contributed by atoms with Crippen molar-refractivity contribution in [2.24, 2.45) is 28.1 Å². The summed E-state index contributed by atoms with van der Waals surface area (Å²) in [5.41, 5.74) is 17.3. The van der Waals surface area contributed by atoms with Crippen LogP contribution in [0.4, 0.5) is 0 Å². The Kier molecular flexibility index (Phi) is 11.3. The molecule has 1 aliphatic rings. The summed E-state index contributed by atoms with van der Waals surface area (Å²) in [4.78, 5) is 63.2. The molecule has 0 aliphatic carbocycles. The van der Waals surface area contributed by atoms with Crippen molar-refractivity contribution in [2.75, 3.05) is 13.1 Å². The monoisotopic (exact) mass is 521 g/mol. The third-order valence-corrected chi connectivity index (χ3v) is 6.55. The van der Waals surface area contributed by atoms with Crippen molar-refractivity contribution in [3.63, 3.8) is 0 Å². The molecule has 1 fully saturated rings. The van der Waals surface area contributed by atoms with Crippen LogP contribution in [-0.2, 0) is 25.6 Å². The summed E-state index contributed by atoms with van der Waals surface area (Å²) in [6.07, 6.45) is 5.18. The van der Waals surface area contributed by atoms with Crippen molar-refractivity contribution in [1.82, 2.24) is 25.5 Å². The third kappa shape index (κ3) is 8.74. The number of hydrogen-bond donors (Lipinski definition) is 7. The Bertz CT molecular complexity index is 948. The molecule has 0 aromatic carbocycles. The summed E-state index contributed by atoms with van der Waals surface area (Å²) in [5.74, 6) is -2.85. The van der Waals surface area contributed by atoms with E-state index in [9.17, 15) is 24.3 Å². The van der Waals surface area contributed by atoms with Crippen molar-refractivity contribution in [3.8, 4) is 0 Å². The number of guanidine groups is 1. The van der Waals surface area contributed by atoms with Gasteiger partial charge in [-0.15, -0.1) is 0 Å². The maximum Gasteiger partial charge on any atom is 0.326 e. The first-order chi connectivity index (χ1) is 17.5. The lowest BCUT2D eigenvalue weighted by Gasteiger charge is -2.30. The minimum Gasteiger partial charge on any atom is -0.480 e. The fourth-order valence-corrected chi connectivity index (χ4v) is 4.12. The van der Waals surface area contributed by atoms with Gasteiger partial charge in [-0.05, 0) is 31.6 Å². The summed E-state index contributed by atoms with van der Waals surface area (Å²) in [6, 6.07) is -3.80. The van der Waals surface area contributed by atoms with Gasteiger partial charge in [0, 0.05) is 31.4 Å². The highest BCUT2D eigenvalue weighted by molar-refractivity contribution is 5.94. The molecule has 0 spiro atoms. The Morgan fingerprint density at radius 2 is 2.00 bits per heavy atom. The van der Waals surface area contributed by atoms with E-state index in [0.29, 0.717) is 31.5 Å². The van der Waals surface area contributed by atoms with Crippen LogP contribution < -0.4 is 27.8 Å². The van der Waals surface area contributed by atoms with Crippen LogP contribution in [0.5, 0.6) is 0 Å². The summed E-state index contributed by atoms with van der Waals surface area (Å²) in [6.45, 7) is 4.43. The van der Waals surface area contributed by atoms with E-state index in [0.717, 1.165) is 6.42 Å². The minimum atomic E-state index is -1.23. The number of carboxylic acid groups (broad SMARTS) is 1. The number of aromatic amines is 1. The molecule has 37 heavy (non-hydrogen) atoms. The molecule has 206 valence electrons. The van der Waals surface area contributed by atoms with Gasteiger partial charge in [0.2, 0.25) is 17.7 Å². The number of nitrogens with one attached hydrogen (secondary N) is 3. The zero-order valence-corrected chi connectivity index (χ0v) is 21.4. The lowest BCUT2D eigenvalue weighted by atomic mass is 9.98. The first kappa shape index (κ1) is 29.5. The van der Waals surface area contributed by atoms with Gasteiger partial charge in [-0.2, -0.15) is 0 Å².